The number of hydrogen-bond acceptors (Lipinski definition) is 1. The molecule has 1 N–H and O–H groups in total. The first-order chi connectivity index (χ1) is 7.79. The molecule has 0 aliphatic heterocycles. The quantitative estimate of drug-likeness (QED) is 0.819. The van der Waals surface area contributed by atoms with Gasteiger partial charge in [-0.1, -0.05) is 37.8 Å². The van der Waals surface area contributed by atoms with Crippen molar-refractivity contribution in [2.75, 3.05) is 7.05 Å². The lowest BCUT2D eigenvalue weighted by Gasteiger charge is -2.20. The average Bonchev–Trinajstić information content (AvgIpc) is 2.78. The Morgan fingerprint density at radius 3 is 2.75 bits per heavy atom. The van der Waals surface area contributed by atoms with Gasteiger partial charge in [-0.15, -0.1) is 0 Å². The lowest BCUT2D eigenvalue weighted by molar-refractivity contribution is 0.413. The van der Waals surface area contributed by atoms with Crippen LogP contribution in [0.2, 0.25) is 0 Å². The molecule has 2 rings (SSSR count). The Morgan fingerprint density at radius 2 is 2.12 bits per heavy atom. The summed E-state index contributed by atoms with van der Waals surface area (Å²) in [7, 11) is 2.08. The summed E-state index contributed by atoms with van der Waals surface area (Å²) < 4.78 is 1.33. The maximum absolute atomic E-state index is 3.47. The minimum atomic E-state index is 0.540. The summed E-state index contributed by atoms with van der Waals surface area (Å²) >= 11 is 2.39. The fourth-order valence-corrected chi connectivity index (χ4v) is 3.29. The molecule has 2 heteroatoms. The molecule has 0 aromatic heterocycles. The first-order valence-corrected chi connectivity index (χ1v) is 7.30. The van der Waals surface area contributed by atoms with Gasteiger partial charge in [0, 0.05) is 9.61 Å². The van der Waals surface area contributed by atoms with Crippen LogP contribution in [-0.4, -0.2) is 7.05 Å². The molecule has 1 aromatic carbocycles. The van der Waals surface area contributed by atoms with Crippen molar-refractivity contribution in [3.05, 3.63) is 33.4 Å². The zero-order chi connectivity index (χ0) is 11.4. The fraction of sp³-hybridized carbons (Fsp3) is 0.571. The van der Waals surface area contributed by atoms with Crippen LogP contribution in [0.15, 0.2) is 24.3 Å². The first-order valence-electron chi connectivity index (χ1n) is 6.22. The van der Waals surface area contributed by atoms with E-state index < -0.39 is 0 Å². The van der Waals surface area contributed by atoms with Gasteiger partial charge < -0.3 is 5.32 Å². The molecule has 0 radical (unpaired) electrons. The van der Waals surface area contributed by atoms with E-state index in [0.29, 0.717) is 6.04 Å². The Bertz CT molecular complexity index is 331. The second kappa shape index (κ2) is 6.01. The topological polar surface area (TPSA) is 12.0 Å². The zero-order valence-corrected chi connectivity index (χ0v) is 12.0. The molecule has 16 heavy (non-hydrogen) atoms. The summed E-state index contributed by atoms with van der Waals surface area (Å²) in [5, 5.41) is 3.47. The van der Waals surface area contributed by atoms with Crippen molar-refractivity contribution < 1.29 is 0 Å². The van der Waals surface area contributed by atoms with Crippen LogP contribution >= 0.6 is 22.6 Å². The van der Waals surface area contributed by atoms with Crippen LogP contribution in [-0.2, 0) is 0 Å². The van der Waals surface area contributed by atoms with Crippen molar-refractivity contribution in [3.63, 3.8) is 0 Å². The molecule has 0 bridgehead atoms. The van der Waals surface area contributed by atoms with E-state index in [-0.39, 0.29) is 0 Å². The van der Waals surface area contributed by atoms with Crippen molar-refractivity contribution in [1.82, 2.24) is 5.32 Å². The van der Waals surface area contributed by atoms with Crippen LogP contribution in [0.3, 0.4) is 0 Å². The maximum atomic E-state index is 3.47. The van der Waals surface area contributed by atoms with Gasteiger partial charge in [0.1, 0.15) is 0 Å². The third kappa shape index (κ3) is 3.20. The Hall–Kier alpha value is -0.0900. The maximum Gasteiger partial charge on any atom is 0.0320 e. The van der Waals surface area contributed by atoms with E-state index in [9.17, 15) is 0 Å². The van der Waals surface area contributed by atoms with Crippen molar-refractivity contribution in [2.45, 2.75) is 38.1 Å². The smallest absolute Gasteiger partial charge is 0.0320 e. The van der Waals surface area contributed by atoms with Crippen LogP contribution in [0.5, 0.6) is 0 Å². The van der Waals surface area contributed by atoms with Gasteiger partial charge in [0.25, 0.3) is 0 Å². The second-order valence-electron chi connectivity index (χ2n) is 4.78. The van der Waals surface area contributed by atoms with Crippen LogP contribution in [0.4, 0.5) is 0 Å². The molecule has 0 heterocycles. The number of halogens is 1. The molecule has 1 aliphatic carbocycles. The van der Waals surface area contributed by atoms with E-state index in [2.05, 4.69) is 59.2 Å². The van der Waals surface area contributed by atoms with Gasteiger partial charge in [0.2, 0.25) is 0 Å². The molecule has 1 aromatic rings. The molecule has 1 atom stereocenters. The predicted octanol–water partition coefficient (Wildman–Crippen LogP) is 4.13. The molecule has 1 saturated carbocycles. The molecule has 0 amide bonds. The molecule has 1 nitrogen and oxygen atoms in total. The highest BCUT2D eigenvalue weighted by molar-refractivity contribution is 14.1. The summed E-state index contributed by atoms with van der Waals surface area (Å²) in [5.41, 5.74) is 1.45. The molecule has 1 fully saturated rings. The molecule has 0 spiro atoms. The molecule has 0 saturated heterocycles. The van der Waals surface area contributed by atoms with Crippen molar-refractivity contribution in [1.29, 1.82) is 0 Å². The van der Waals surface area contributed by atoms with E-state index >= 15 is 0 Å². The molecule has 1 unspecified atom stereocenters. The minimum absolute atomic E-state index is 0.540. The van der Waals surface area contributed by atoms with E-state index in [1.165, 1.54) is 41.2 Å². The fourth-order valence-electron chi connectivity index (χ4n) is 2.72. The normalized spacial score (nSPS) is 18.9. The summed E-state index contributed by atoms with van der Waals surface area (Å²) in [6.45, 7) is 0. The Balaban J connectivity index is 2.03. The number of rotatable bonds is 4. The summed E-state index contributed by atoms with van der Waals surface area (Å²) in [5.74, 6) is 0.940. The number of benzene rings is 1. The van der Waals surface area contributed by atoms with Crippen molar-refractivity contribution >= 4 is 22.6 Å². The highest BCUT2D eigenvalue weighted by atomic mass is 127. The van der Waals surface area contributed by atoms with Crippen LogP contribution < -0.4 is 5.32 Å². The monoisotopic (exact) mass is 329 g/mol. The SMILES string of the molecule is CNC(CC1CCCC1)c1cccc(I)c1. The van der Waals surface area contributed by atoms with Gasteiger partial charge in [0.05, 0.1) is 0 Å². The molecular formula is C14H20IN. The number of hydrogen-bond donors (Lipinski definition) is 1. The van der Waals surface area contributed by atoms with Crippen molar-refractivity contribution in [3.8, 4) is 0 Å². The van der Waals surface area contributed by atoms with Crippen LogP contribution in [0.1, 0.15) is 43.7 Å². The number of nitrogens with one attached hydrogen (secondary N) is 1. The first kappa shape index (κ1) is 12.4. The van der Waals surface area contributed by atoms with Crippen LogP contribution in [0, 0.1) is 9.49 Å². The lowest BCUT2D eigenvalue weighted by atomic mass is 9.94. The highest BCUT2D eigenvalue weighted by Gasteiger charge is 2.20. The third-order valence-electron chi connectivity index (χ3n) is 3.64. The summed E-state index contributed by atoms with van der Waals surface area (Å²) in [6.07, 6.45) is 7.04. The van der Waals surface area contributed by atoms with Gasteiger partial charge in [-0.2, -0.15) is 0 Å². The molecule has 1 aliphatic rings. The third-order valence-corrected chi connectivity index (χ3v) is 4.31. The summed E-state index contributed by atoms with van der Waals surface area (Å²) in [6, 6.07) is 9.41. The Morgan fingerprint density at radius 1 is 1.38 bits per heavy atom. The predicted molar refractivity (Wildman–Crippen MR) is 77.5 cm³/mol. The standard InChI is InChI=1S/C14H20IN/c1-16-14(9-11-5-2-3-6-11)12-7-4-8-13(15)10-12/h4,7-8,10-11,14,16H,2-3,5-6,9H2,1H3. The minimum Gasteiger partial charge on any atom is -0.313 e. The van der Waals surface area contributed by atoms with Gasteiger partial charge >= 0.3 is 0 Å². The van der Waals surface area contributed by atoms with Gasteiger partial charge in [-0.3, -0.25) is 0 Å². The summed E-state index contributed by atoms with van der Waals surface area (Å²) in [4.78, 5) is 0. The average molecular weight is 329 g/mol. The van der Waals surface area contributed by atoms with Gasteiger partial charge in [-0.05, 0) is 59.7 Å². The van der Waals surface area contributed by atoms with E-state index in [1.54, 1.807) is 0 Å². The van der Waals surface area contributed by atoms with Gasteiger partial charge in [0.15, 0.2) is 0 Å². The largest absolute Gasteiger partial charge is 0.313 e. The zero-order valence-electron chi connectivity index (χ0n) is 9.88. The van der Waals surface area contributed by atoms with Crippen molar-refractivity contribution in [2.24, 2.45) is 5.92 Å². The second-order valence-corrected chi connectivity index (χ2v) is 6.03. The van der Waals surface area contributed by atoms with Gasteiger partial charge in [-0.25, -0.2) is 0 Å². The molecular weight excluding hydrogens is 309 g/mol. The Kier molecular flexibility index (Phi) is 4.65. The Labute approximate surface area is 112 Å². The highest BCUT2D eigenvalue weighted by Crippen LogP contribution is 2.33. The molecule has 88 valence electrons. The van der Waals surface area contributed by atoms with E-state index in [1.807, 2.05) is 0 Å². The lowest BCUT2D eigenvalue weighted by Crippen LogP contribution is -2.19. The van der Waals surface area contributed by atoms with E-state index in [0.717, 1.165) is 5.92 Å². The van der Waals surface area contributed by atoms with Crippen LogP contribution in [0.25, 0.3) is 0 Å². The van der Waals surface area contributed by atoms with E-state index in [4.69, 9.17) is 0 Å².